The van der Waals surface area contributed by atoms with Gasteiger partial charge >= 0.3 is 5.97 Å². The Balaban J connectivity index is 1.98. The summed E-state index contributed by atoms with van der Waals surface area (Å²) in [4.78, 5) is 31.8. The van der Waals surface area contributed by atoms with Crippen molar-refractivity contribution >= 4 is 39.3 Å². The second-order valence-corrected chi connectivity index (χ2v) is 9.28. The molecule has 1 unspecified atom stereocenters. The molecule has 9 heteroatoms. The van der Waals surface area contributed by atoms with Crippen LogP contribution in [0.3, 0.4) is 0 Å². The van der Waals surface area contributed by atoms with Crippen molar-refractivity contribution in [2.24, 2.45) is 0 Å². The van der Waals surface area contributed by atoms with Gasteiger partial charge in [0.15, 0.2) is 16.7 Å². The quantitative estimate of drug-likeness (QED) is 0.271. The molecule has 0 fully saturated rings. The maximum atomic E-state index is 13.3. The van der Waals surface area contributed by atoms with E-state index < -0.39 is 5.25 Å². The fraction of sp³-hybridized carbons (Fsp3) is 0.409. The van der Waals surface area contributed by atoms with E-state index in [0.29, 0.717) is 39.8 Å². The van der Waals surface area contributed by atoms with E-state index in [1.165, 1.54) is 30.2 Å². The summed E-state index contributed by atoms with van der Waals surface area (Å²) in [5, 5.41) is 0.650. The second-order valence-electron chi connectivity index (χ2n) is 6.86. The van der Waals surface area contributed by atoms with Crippen molar-refractivity contribution in [2.45, 2.75) is 43.6 Å². The summed E-state index contributed by atoms with van der Waals surface area (Å²) in [5.41, 5.74) is 0.905. The highest BCUT2D eigenvalue weighted by molar-refractivity contribution is 8.00. The highest BCUT2D eigenvalue weighted by Crippen LogP contribution is 2.29. The zero-order valence-corrected chi connectivity index (χ0v) is 19.9. The van der Waals surface area contributed by atoms with E-state index in [4.69, 9.17) is 19.2 Å². The molecule has 31 heavy (non-hydrogen) atoms. The largest absolute Gasteiger partial charge is 0.493 e. The number of benzene rings is 1. The molecule has 3 aromatic rings. The van der Waals surface area contributed by atoms with Gasteiger partial charge in [-0.1, -0.05) is 24.8 Å². The Kier molecular flexibility index (Phi) is 7.61. The first-order valence-corrected chi connectivity index (χ1v) is 11.6. The number of hydrogen-bond donors (Lipinski definition) is 0. The minimum atomic E-state index is -0.479. The number of aromatic nitrogens is 2. The van der Waals surface area contributed by atoms with E-state index >= 15 is 0 Å². The lowest BCUT2D eigenvalue weighted by Gasteiger charge is -2.15. The molecule has 0 aliphatic carbocycles. The zero-order valence-electron chi connectivity index (χ0n) is 18.3. The summed E-state index contributed by atoms with van der Waals surface area (Å²) < 4.78 is 17.2. The van der Waals surface area contributed by atoms with Crippen LogP contribution in [-0.4, -0.2) is 42.1 Å². The highest BCUT2D eigenvalue weighted by Gasteiger charge is 2.21. The number of esters is 1. The predicted molar refractivity (Wildman–Crippen MR) is 124 cm³/mol. The van der Waals surface area contributed by atoms with E-state index in [2.05, 4.69) is 6.92 Å². The molecule has 0 aliphatic rings. The first-order chi connectivity index (χ1) is 14.9. The fourth-order valence-corrected chi connectivity index (χ4v) is 5.13. The minimum absolute atomic E-state index is 0.0963. The standard InChI is InChI=1S/C22H26N2O5S2/c1-6-15-12-16-19(31-15)23-22(30-13(2)21(26)29-5)24(20(16)25)10-9-14-7-8-17(27-3)18(11-14)28-4/h7-8,11-13H,6,9-10H2,1-5H3. The SMILES string of the molecule is CCc1cc2c(=O)n(CCc3ccc(OC)c(OC)c3)c(SC(C)C(=O)OC)nc2s1. The first kappa shape index (κ1) is 23.1. The number of carbonyl (C=O) groups is 1. The van der Waals surface area contributed by atoms with Gasteiger partial charge in [0.05, 0.1) is 26.7 Å². The first-order valence-electron chi connectivity index (χ1n) is 9.90. The average Bonchev–Trinajstić information content (AvgIpc) is 3.21. The van der Waals surface area contributed by atoms with Crippen LogP contribution in [0.15, 0.2) is 34.2 Å². The van der Waals surface area contributed by atoms with Crippen LogP contribution in [0.2, 0.25) is 0 Å². The third kappa shape index (κ3) is 5.04. The molecule has 0 N–H and O–H groups in total. The molecule has 0 amide bonds. The van der Waals surface area contributed by atoms with Crippen LogP contribution in [0.4, 0.5) is 0 Å². The van der Waals surface area contributed by atoms with E-state index in [1.807, 2.05) is 24.3 Å². The van der Waals surface area contributed by atoms with Crippen LogP contribution >= 0.6 is 23.1 Å². The molecular formula is C22H26N2O5S2. The van der Waals surface area contributed by atoms with Crippen molar-refractivity contribution in [3.63, 3.8) is 0 Å². The van der Waals surface area contributed by atoms with Gasteiger partial charge < -0.3 is 14.2 Å². The van der Waals surface area contributed by atoms with Crippen LogP contribution in [0.1, 0.15) is 24.3 Å². The summed E-state index contributed by atoms with van der Waals surface area (Å²) in [6, 6.07) is 7.61. The van der Waals surface area contributed by atoms with Gasteiger partial charge in [0, 0.05) is 11.4 Å². The normalized spacial score (nSPS) is 12.0. The highest BCUT2D eigenvalue weighted by atomic mass is 32.2. The van der Waals surface area contributed by atoms with Gasteiger partial charge in [0.1, 0.15) is 10.1 Å². The van der Waals surface area contributed by atoms with Crippen molar-refractivity contribution in [2.75, 3.05) is 21.3 Å². The third-order valence-electron chi connectivity index (χ3n) is 4.90. The number of fused-ring (bicyclic) bond motifs is 1. The van der Waals surface area contributed by atoms with E-state index in [-0.39, 0.29) is 11.5 Å². The number of thioether (sulfide) groups is 1. The van der Waals surface area contributed by atoms with Crippen molar-refractivity contribution in [3.8, 4) is 11.5 Å². The Labute approximate surface area is 189 Å². The van der Waals surface area contributed by atoms with Gasteiger partial charge in [-0.05, 0) is 43.5 Å². The molecule has 0 radical (unpaired) electrons. The molecule has 166 valence electrons. The molecule has 0 saturated carbocycles. The van der Waals surface area contributed by atoms with Crippen LogP contribution in [0.5, 0.6) is 11.5 Å². The molecule has 0 saturated heterocycles. The number of ether oxygens (including phenoxy) is 3. The smallest absolute Gasteiger partial charge is 0.318 e. The molecule has 7 nitrogen and oxygen atoms in total. The number of carbonyl (C=O) groups excluding carboxylic acids is 1. The number of rotatable bonds is 9. The van der Waals surface area contributed by atoms with E-state index in [9.17, 15) is 9.59 Å². The molecule has 0 bridgehead atoms. The van der Waals surface area contributed by atoms with Crippen LogP contribution < -0.4 is 15.0 Å². The second kappa shape index (κ2) is 10.2. The van der Waals surface area contributed by atoms with Gasteiger partial charge in [-0.2, -0.15) is 0 Å². The van der Waals surface area contributed by atoms with Crippen molar-refractivity contribution in [1.29, 1.82) is 0 Å². The molecule has 0 spiro atoms. The van der Waals surface area contributed by atoms with Crippen molar-refractivity contribution in [1.82, 2.24) is 9.55 Å². The Morgan fingerprint density at radius 3 is 2.58 bits per heavy atom. The maximum absolute atomic E-state index is 13.3. The summed E-state index contributed by atoms with van der Waals surface area (Å²) in [6.45, 7) is 4.22. The van der Waals surface area contributed by atoms with E-state index in [1.54, 1.807) is 25.7 Å². The molecule has 2 aromatic heterocycles. The number of nitrogens with zero attached hydrogens (tertiary/aromatic N) is 2. The average molecular weight is 463 g/mol. The number of thiophene rings is 1. The third-order valence-corrected chi connectivity index (χ3v) is 7.14. The Morgan fingerprint density at radius 2 is 1.94 bits per heavy atom. The zero-order chi connectivity index (χ0) is 22.5. The number of methoxy groups -OCH3 is 3. The van der Waals surface area contributed by atoms with Crippen LogP contribution in [0.25, 0.3) is 10.2 Å². The Hall–Kier alpha value is -2.52. The lowest BCUT2D eigenvalue weighted by atomic mass is 10.1. The maximum Gasteiger partial charge on any atom is 0.318 e. The lowest BCUT2D eigenvalue weighted by Crippen LogP contribution is -2.25. The molecule has 1 aromatic carbocycles. The summed E-state index contributed by atoms with van der Waals surface area (Å²) >= 11 is 2.75. The summed E-state index contributed by atoms with van der Waals surface area (Å²) in [7, 11) is 4.54. The van der Waals surface area contributed by atoms with Crippen molar-refractivity contribution in [3.05, 3.63) is 45.1 Å². The topological polar surface area (TPSA) is 79.7 Å². The van der Waals surface area contributed by atoms with Gasteiger partial charge in [0.25, 0.3) is 5.56 Å². The number of aryl methyl sites for hydroxylation is 2. The fourth-order valence-electron chi connectivity index (χ4n) is 3.16. The predicted octanol–water partition coefficient (Wildman–Crippen LogP) is 3.93. The molecule has 0 aliphatic heterocycles. The van der Waals surface area contributed by atoms with Crippen LogP contribution in [-0.2, 0) is 28.9 Å². The molecular weight excluding hydrogens is 436 g/mol. The number of hydrogen-bond acceptors (Lipinski definition) is 8. The van der Waals surface area contributed by atoms with Gasteiger partial charge in [-0.25, -0.2) is 4.98 Å². The monoisotopic (exact) mass is 462 g/mol. The van der Waals surface area contributed by atoms with Crippen LogP contribution in [0, 0.1) is 0 Å². The van der Waals surface area contributed by atoms with Crippen molar-refractivity contribution < 1.29 is 19.0 Å². The Morgan fingerprint density at radius 1 is 1.19 bits per heavy atom. The van der Waals surface area contributed by atoms with Gasteiger partial charge in [-0.15, -0.1) is 11.3 Å². The summed E-state index contributed by atoms with van der Waals surface area (Å²) in [6.07, 6.45) is 1.44. The van der Waals surface area contributed by atoms with Gasteiger partial charge in [0.2, 0.25) is 0 Å². The minimum Gasteiger partial charge on any atom is -0.493 e. The Bertz CT molecular complexity index is 1140. The van der Waals surface area contributed by atoms with Gasteiger partial charge in [-0.3, -0.25) is 14.2 Å². The molecule has 2 heterocycles. The lowest BCUT2D eigenvalue weighted by molar-refractivity contribution is -0.139. The summed E-state index contributed by atoms with van der Waals surface area (Å²) in [5.74, 6) is 0.937. The van der Waals surface area contributed by atoms with E-state index in [0.717, 1.165) is 16.9 Å². The molecule has 1 atom stereocenters. The molecule has 3 rings (SSSR count).